The Bertz CT molecular complexity index is 605. The van der Waals surface area contributed by atoms with E-state index in [0.29, 0.717) is 13.2 Å². The molecule has 19 heavy (non-hydrogen) atoms. The molecule has 2 aromatic rings. The van der Waals surface area contributed by atoms with Crippen molar-refractivity contribution in [3.8, 4) is 22.6 Å². The van der Waals surface area contributed by atoms with E-state index in [9.17, 15) is 5.11 Å². The minimum absolute atomic E-state index is 0.0597. The van der Waals surface area contributed by atoms with Crippen LogP contribution in [0.15, 0.2) is 36.4 Å². The molecular weight excluding hydrogens is 240 g/mol. The van der Waals surface area contributed by atoms with E-state index < -0.39 is 0 Å². The Labute approximate surface area is 112 Å². The number of fused-ring (bicyclic) bond motifs is 1. The van der Waals surface area contributed by atoms with E-state index >= 15 is 0 Å². The molecule has 0 spiro atoms. The third-order valence-electron chi connectivity index (χ3n) is 3.47. The number of aliphatic hydroxyl groups excluding tert-OH is 1. The summed E-state index contributed by atoms with van der Waals surface area (Å²) in [5.74, 6) is 1.59. The molecule has 3 rings (SSSR count). The van der Waals surface area contributed by atoms with Gasteiger partial charge in [0.05, 0.1) is 6.61 Å². The molecule has 98 valence electrons. The summed E-state index contributed by atoms with van der Waals surface area (Å²) in [6.45, 7) is 3.28. The van der Waals surface area contributed by atoms with Crippen LogP contribution in [0.1, 0.15) is 11.1 Å². The Balaban J connectivity index is 2.07. The fourth-order valence-corrected chi connectivity index (χ4v) is 2.38. The SMILES string of the molecule is Cc1c(CO)cccc1-c1ccc2c(c1)OCCO2. The minimum Gasteiger partial charge on any atom is -0.486 e. The minimum atomic E-state index is 0.0597. The molecule has 1 aliphatic heterocycles. The first kappa shape index (κ1) is 12.1. The van der Waals surface area contributed by atoms with Crippen molar-refractivity contribution in [3.63, 3.8) is 0 Å². The average molecular weight is 256 g/mol. The molecule has 0 amide bonds. The highest BCUT2D eigenvalue weighted by atomic mass is 16.6. The highest BCUT2D eigenvalue weighted by Crippen LogP contribution is 2.35. The summed E-state index contributed by atoms with van der Waals surface area (Å²) in [5.41, 5.74) is 4.25. The van der Waals surface area contributed by atoms with Gasteiger partial charge in [-0.1, -0.05) is 24.3 Å². The fourth-order valence-electron chi connectivity index (χ4n) is 2.38. The molecule has 3 heteroatoms. The zero-order valence-electron chi connectivity index (χ0n) is 10.8. The largest absolute Gasteiger partial charge is 0.486 e. The van der Waals surface area contributed by atoms with Crippen LogP contribution in [0.3, 0.4) is 0 Å². The number of hydrogen-bond donors (Lipinski definition) is 1. The molecule has 0 radical (unpaired) electrons. The van der Waals surface area contributed by atoms with Crippen LogP contribution in [-0.4, -0.2) is 18.3 Å². The zero-order chi connectivity index (χ0) is 13.2. The van der Waals surface area contributed by atoms with E-state index in [2.05, 4.69) is 6.07 Å². The van der Waals surface area contributed by atoms with Crippen molar-refractivity contribution in [1.82, 2.24) is 0 Å². The van der Waals surface area contributed by atoms with Gasteiger partial charge in [-0.3, -0.25) is 0 Å². The molecule has 0 bridgehead atoms. The van der Waals surface area contributed by atoms with Gasteiger partial charge in [-0.25, -0.2) is 0 Å². The number of benzene rings is 2. The van der Waals surface area contributed by atoms with Gasteiger partial charge in [0.25, 0.3) is 0 Å². The quantitative estimate of drug-likeness (QED) is 0.897. The molecule has 1 heterocycles. The monoisotopic (exact) mass is 256 g/mol. The van der Waals surface area contributed by atoms with Crippen LogP contribution in [0.5, 0.6) is 11.5 Å². The van der Waals surface area contributed by atoms with E-state index in [1.54, 1.807) is 0 Å². The Hall–Kier alpha value is -2.00. The van der Waals surface area contributed by atoms with Crippen LogP contribution in [0.25, 0.3) is 11.1 Å². The molecule has 0 unspecified atom stereocenters. The first-order valence-electron chi connectivity index (χ1n) is 6.39. The van der Waals surface area contributed by atoms with Crippen molar-refractivity contribution in [3.05, 3.63) is 47.5 Å². The molecule has 0 atom stereocenters. The van der Waals surface area contributed by atoms with Gasteiger partial charge in [0.1, 0.15) is 13.2 Å². The summed E-state index contributed by atoms with van der Waals surface area (Å²) in [5, 5.41) is 9.34. The van der Waals surface area contributed by atoms with E-state index in [0.717, 1.165) is 33.8 Å². The number of aliphatic hydroxyl groups is 1. The molecule has 1 N–H and O–H groups in total. The van der Waals surface area contributed by atoms with Crippen LogP contribution >= 0.6 is 0 Å². The van der Waals surface area contributed by atoms with Crippen molar-refractivity contribution in [1.29, 1.82) is 0 Å². The lowest BCUT2D eigenvalue weighted by Crippen LogP contribution is -2.15. The van der Waals surface area contributed by atoms with Crippen LogP contribution in [0.4, 0.5) is 0 Å². The van der Waals surface area contributed by atoms with Gasteiger partial charge in [-0.05, 0) is 41.3 Å². The topological polar surface area (TPSA) is 38.7 Å². The van der Waals surface area contributed by atoms with Crippen LogP contribution in [0, 0.1) is 6.92 Å². The maximum Gasteiger partial charge on any atom is 0.161 e. The van der Waals surface area contributed by atoms with Gasteiger partial charge in [0.2, 0.25) is 0 Å². The van der Waals surface area contributed by atoms with Gasteiger partial charge in [-0.15, -0.1) is 0 Å². The van der Waals surface area contributed by atoms with E-state index in [-0.39, 0.29) is 6.61 Å². The lowest BCUT2D eigenvalue weighted by molar-refractivity contribution is 0.171. The summed E-state index contributed by atoms with van der Waals surface area (Å²) in [6, 6.07) is 11.9. The highest BCUT2D eigenvalue weighted by molar-refractivity contribution is 5.71. The Kier molecular flexibility index (Phi) is 3.13. The molecule has 2 aromatic carbocycles. The van der Waals surface area contributed by atoms with E-state index in [1.807, 2.05) is 37.3 Å². The first-order chi connectivity index (χ1) is 9.29. The molecular formula is C16H16O3. The van der Waals surface area contributed by atoms with Crippen molar-refractivity contribution in [2.24, 2.45) is 0 Å². The summed E-state index contributed by atoms with van der Waals surface area (Å²) < 4.78 is 11.1. The van der Waals surface area contributed by atoms with Gasteiger partial charge in [0, 0.05) is 0 Å². The van der Waals surface area contributed by atoms with Crippen LogP contribution in [-0.2, 0) is 6.61 Å². The molecule has 0 aromatic heterocycles. The summed E-state index contributed by atoms with van der Waals surface area (Å²) in [4.78, 5) is 0. The standard InChI is InChI=1S/C16H16O3/c1-11-13(10-17)3-2-4-14(11)12-5-6-15-16(9-12)19-8-7-18-15/h2-6,9,17H,7-8,10H2,1H3. The van der Waals surface area contributed by atoms with Gasteiger partial charge in [0.15, 0.2) is 11.5 Å². The smallest absolute Gasteiger partial charge is 0.161 e. The predicted molar refractivity (Wildman–Crippen MR) is 73.5 cm³/mol. The van der Waals surface area contributed by atoms with Gasteiger partial charge in [-0.2, -0.15) is 0 Å². The second-order valence-electron chi connectivity index (χ2n) is 4.61. The molecule has 1 aliphatic rings. The average Bonchev–Trinajstić information content (AvgIpc) is 2.47. The lowest BCUT2D eigenvalue weighted by atomic mass is 9.96. The van der Waals surface area contributed by atoms with Crippen molar-refractivity contribution < 1.29 is 14.6 Å². The molecule has 0 saturated heterocycles. The fraction of sp³-hybridized carbons (Fsp3) is 0.250. The molecule has 0 fully saturated rings. The van der Waals surface area contributed by atoms with Gasteiger partial charge < -0.3 is 14.6 Å². The second kappa shape index (κ2) is 4.94. The summed E-state index contributed by atoms with van der Waals surface area (Å²) >= 11 is 0. The normalized spacial score (nSPS) is 13.4. The maximum atomic E-state index is 9.34. The van der Waals surface area contributed by atoms with Gasteiger partial charge >= 0.3 is 0 Å². The Morgan fingerprint density at radius 1 is 1.05 bits per heavy atom. The lowest BCUT2D eigenvalue weighted by Gasteiger charge is -2.19. The predicted octanol–water partition coefficient (Wildman–Crippen LogP) is 2.93. The highest BCUT2D eigenvalue weighted by Gasteiger charge is 2.13. The number of rotatable bonds is 2. The second-order valence-corrected chi connectivity index (χ2v) is 4.61. The first-order valence-corrected chi connectivity index (χ1v) is 6.39. The van der Waals surface area contributed by atoms with Crippen molar-refractivity contribution in [2.75, 3.05) is 13.2 Å². The van der Waals surface area contributed by atoms with Crippen molar-refractivity contribution in [2.45, 2.75) is 13.5 Å². The number of ether oxygens (including phenoxy) is 2. The Morgan fingerprint density at radius 2 is 1.84 bits per heavy atom. The number of hydrogen-bond acceptors (Lipinski definition) is 3. The Morgan fingerprint density at radius 3 is 2.63 bits per heavy atom. The van der Waals surface area contributed by atoms with Crippen molar-refractivity contribution >= 4 is 0 Å². The van der Waals surface area contributed by atoms with Crippen LogP contribution < -0.4 is 9.47 Å². The molecule has 0 saturated carbocycles. The van der Waals surface area contributed by atoms with E-state index in [4.69, 9.17) is 9.47 Å². The summed E-state index contributed by atoms with van der Waals surface area (Å²) in [6.07, 6.45) is 0. The van der Waals surface area contributed by atoms with Crippen LogP contribution in [0.2, 0.25) is 0 Å². The third kappa shape index (κ3) is 2.17. The van der Waals surface area contributed by atoms with E-state index in [1.165, 1.54) is 0 Å². The maximum absolute atomic E-state index is 9.34. The summed E-state index contributed by atoms with van der Waals surface area (Å²) in [7, 11) is 0. The third-order valence-corrected chi connectivity index (χ3v) is 3.47. The zero-order valence-corrected chi connectivity index (χ0v) is 10.8. The molecule has 3 nitrogen and oxygen atoms in total. The molecule has 0 aliphatic carbocycles.